The molecule has 0 unspecified atom stereocenters. The second-order valence-electron chi connectivity index (χ2n) is 3.47. The number of amides is 1. The zero-order chi connectivity index (χ0) is 14.9. The third-order valence-corrected chi connectivity index (χ3v) is 2.05. The fourth-order valence-corrected chi connectivity index (χ4v) is 1.20. The molecule has 0 aromatic heterocycles. The molecule has 0 aromatic rings. The van der Waals surface area contributed by atoms with Crippen LogP contribution in [0.2, 0.25) is 0 Å². The molecule has 0 aliphatic rings. The smallest absolute Gasteiger partial charge is 0.409 e. The summed E-state index contributed by atoms with van der Waals surface area (Å²) < 4.78 is 15.2. The summed E-state index contributed by atoms with van der Waals surface area (Å²) >= 11 is 0. The van der Waals surface area contributed by atoms with Crippen molar-refractivity contribution in [2.75, 3.05) is 53.2 Å². The second-order valence-corrected chi connectivity index (χ2v) is 3.47. The Balaban J connectivity index is 0. The molecule has 0 aromatic carbocycles. The number of hydrogen-bond donors (Lipinski definition) is 1. The lowest BCUT2D eigenvalue weighted by molar-refractivity contribution is 0.0651. The molecule has 6 nitrogen and oxygen atoms in total. The van der Waals surface area contributed by atoms with Gasteiger partial charge in [-0.1, -0.05) is 20.8 Å². The highest BCUT2D eigenvalue weighted by Crippen LogP contribution is 1.94. The van der Waals surface area contributed by atoms with Crippen molar-refractivity contribution in [2.24, 2.45) is 5.73 Å². The van der Waals surface area contributed by atoms with E-state index in [1.54, 1.807) is 4.90 Å². The van der Waals surface area contributed by atoms with Gasteiger partial charge in [0.05, 0.1) is 26.9 Å². The zero-order valence-corrected chi connectivity index (χ0v) is 12.8. The topological polar surface area (TPSA) is 74.0 Å². The third-order valence-electron chi connectivity index (χ3n) is 2.05. The maximum absolute atomic E-state index is 11.4. The van der Waals surface area contributed by atoms with E-state index in [0.29, 0.717) is 46.1 Å². The minimum Gasteiger partial charge on any atom is -0.453 e. The van der Waals surface area contributed by atoms with E-state index in [4.69, 9.17) is 15.2 Å². The minimum atomic E-state index is -0.360. The largest absolute Gasteiger partial charge is 0.453 e. The molecule has 0 atom stereocenters. The van der Waals surface area contributed by atoms with Crippen LogP contribution in [0.1, 0.15) is 27.2 Å². The Labute approximate surface area is 117 Å². The molecule has 0 saturated heterocycles. The predicted octanol–water partition coefficient (Wildman–Crippen LogP) is 1.48. The molecule has 0 spiro atoms. The summed E-state index contributed by atoms with van der Waals surface area (Å²) in [5.74, 6) is 0. The number of nitrogens with two attached hydrogens (primary N) is 1. The number of methoxy groups -OCH3 is 1. The second kappa shape index (κ2) is 17.2. The first-order chi connectivity index (χ1) is 9.26. The highest BCUT2D eigenvalue weighted by atomic mass is 16.5. The van der Waals surface area contributed by atoms with Crippen molar-refractivity contribution in [2.45, 2.75) is 27.2 Å². The van der Waals surface area contributed by atoms with Crippen LogP contribution < -0.4 is 5.73 Å². The van der Waals surface area contributed by atoms with E-state index in [9.17, 15) is 4.79 Å². The van der Waals surface area contributed by atoms with Gasteiger partial charge in [0.2, 0.25) is 0 Å². The Morgan fingerprint density at radius 2 is 1.58 bits per heavy atom. The van der Waals surface area contributed by atoms with Gasteiger partial charge in [0.15, 0.2) is 0 Å². The monoisotopic (exact) mass is 278 g/mol. The standard InChI is InChI=1S/C11H24N2O4.C2H6/c1-3-7-16-9-5-13(11(14)15-2)6-10-17-8-4-12;1-2/h3-10,12H2,1-2H3;1-2H3. The first kappa shape index (κ1) is 20.5. The van der Waals surface area contributed by atoms with Crippen LogP contribution >= 0.6 is 0 Å². The van der Waals surface area contributed by atoms with Gasteiger partial charge in [0, 0.05) is 26.2 Å². The molecule has 2 N–H and O–H groups in total. The predicted molar refractivity (Wildman–Crippen MR) is 76.3 cm³/mol. The summed E-state index contributed by atoms with van der Waals surface area (Å²) in [5, 5.41) is 0. The summed E-state index contributed by atoms with van der Waals surface area (Å²) in [4.78, 5) is 13.0. The van der Waals surface area contributed by atoms with Gasteiger partial charge in [-0.15, -0.1) is 0 Å². The molecule has 0 aliphatic carbocycles. The zero-order valence-electron chi connectivity index (χ0n) is 12.8. The van der Waals surface area contributed by atoms with Gasteiger partial charge < -0.3 is 24.8 Å². The molecule has 0 saturated carbocycles. The van der Waals surface area contributed by atoms with Gasteiger partial charge in [-0.3, -0.25) is 0 Å². The number of ether oxygens (including phenoxy) is 3. The van der Waals surface area contributed by atoms with Crippen LogP contribution in [0, 0.1) is 0 Å². The lowest BCUT2D eigenvalue weighted by Gasteiger charge is -2.20. The Bertz CT molecular complexity index is 179. The number of hydrogen-bond acceptors (Lipinski definition) is 5. The summed E-state index contributed by atoms with van der Waals surface area (Å²) in [6.07, 6.45) is 0.610. The molecule has 0 fully saturated rings. The Morgan fingerprint density at radius 1 is 1.05 bits per heavy atom. The molecule has 19 heavy (non-hydrogen) atoms. The van der Waals surface area contributed by atoms with Crippen LogP contribution in [0.3, 0.4) is 0 Å². The fourth-order valence-electron chi connectivity index (χ4n) is 1.20. The molecule has 0 radical (unpaired) electrons. The van der Waals surface area contributed by atoms with Crippen molar-refractivity contribution >= 4 is 6.09 Å². The maximum Gasteiger partial charge on any atom is 0.409 e. The highest BCUT2D eigenvalue weighted by Gasteiger charge is 2.12. The maximum atomic E-state index is 11.4. The van der Waals surface area contributed by atoms with E-state index in [2.05, 4.69) is 4.74 Å². The van der Waals surface area contributed by atoms with Crippen molar-refractivity contribution in [1.29, 1.82) is 0 Å². The number of nitrogens with zero attached hydrogens (tertiary/aromatic N) is 1. The fraction of sp³-hybridized carbons (Fsp3) is 0.923. The molecular formula is C13H30N2O4. The summed E-state index contributed by atoms with van der Waals surface area (Å²) in [7, 11) is 1.36. The molecule has 1 amide bonds. The lowest BCUT2D eigenvalue weighted by Crippen LogP contribution is -2.36. The van der Waals surface area contributed by atoms with Crippen LogP contribution in [0.4, 0.5) is 4.79 Å². The normalized spacial score (nSPS) is 9.53. The van der Waals surface area contributed by atoms with Crippen LogP contribution in [0.25, 0.3) is 0 Å². The number of carbonyl (C=O) groups excluding carboxylic acids is 1. The van der Waals surface area contributed by atoms with Crippen molar-refractivity contribution in [3.05, 3.63) is 0 Å². The van der Waals surface area contributed by atoms with Crippen molar-refractivity contribution in [3.63, 3.8) is 0 Å². The van der Waals surface area contributed by atoms with Crippen LogP contribution in [0.5, 0.6) is 0 Å². The highest BCUT2D eigenvalue weighted by molar-refractivity contribution is 5.67. The first-order valence-electron chi connectivity index (χ1n) is 6.94. The number of rotatable bonds is 10. The van der Waals surface area contributed by atoms with Crippen molar-refractivity contribution < 1.29 is 19.0 Å². The average molecular weight is 278 g/mol. The molecule has 0 bridgehead atoms. The number of carbonyl (C=O) groups is 1. The molecule has 0 aliphatic heterocycles. The third kappa shape index (κ3) is 13.4. The van der Waals surface area contributed by atoms with Crippen LogP contribution in [-0.4, -0.2) is 64.2 Å². The van der Waals surface area contributed by atoms with E-state index in [1.807, 2.05) is 20.8 Å². The molecule has 6 heteroatoms. The molecular weight excluding hydrogens is 248 g/mol. The first-order valence-corrected chi connectivity index (χ1v) is 6.94. The van der Waals surface area contributed by atoms with E-state index in [0.717, 1.165) is 6.42 Å². The van der Waals surface area contributed by atoms with Crippen molar-refractivity contribution in [1.82, 2.24) is 4.90 Å². The van der Waals surface area contributed by atoms with Crippen LogP contribution in [-0.2, 0) is 14.2 Å². The van der Waals surface area contributed by atoms with Gasteiger partial charge in [-0.2, -0.15) is 0 Å². The molecule has 0 heterocycles. The minimum absolute atomic E-state index is 0.360. The summed E-state index contributed by atoms with van der Waals surface area (Å²) in [6.45, 7) is 9.71. The van der Waals surface area contributed by atoms with Gasteiger partial charge in [-0.25, -0.2) is 4.79 Å². The molecule has 0 rings (SSSR count). The Morgan fingerprint density at radius 3 is 2.00 bits per heavy atom. The van der Waals surface area contributed by atoms with E-state index >= 15 is 0 Å². The Kier molecular flexibility index (Phi) is 18.5. The van der Waals surface area contributed by atoms with E-state index < -0.39 is 0 Å². The quantitative estimate of drug-likeness (QED) is 0.613. The van der Waals surface area contributed by atoms with E-state index in [-0.39, 0.29) is 6.09 Å². The lowest BCUT2D eigenvalue weighted by atomic mass is 10.5. The van der Waals surface area contributed by atoms with Crippen LogP contribution in [0.15, 0.2) is 0 Å². The summed E-state index contributed by atoms with van der Waals surface area (Å²) in [6, 6.07) is 0. The average Bonchev–Trinajstić information content (AvgIpc) is 2.47. The van der Waals surface area contributed by atoms with Crippen molar-refractivity contribution in [3.8, 4) is 0 Å². The Hall–Kier alpha value is -0.850. The van der Waals surface area contributed by atoms with Gasteiger partial charge in [-0.05, 0) is 6.42 Å². The van der Waals surface area contributed by atoms with Gasteiger partial charge >= 0.3 is 6.09 Å². The SMILES string of the molecule is CC.CCCOCCN(CCOCCN)C(=O)OC. The van der Waals surface area contributed by atoms with E-state index in [1.165, 1.54) is 7.11 Å². The molecule has 116 valence electrons. The van der Waals surface area contributed by atoms with Gasteiger partial charge in [0.1, 0.15) is 0 Å². The van der Waals surface area contributed by atoms with Gasteiger partial charge in [0.25, 0.3) is 0 Å². The summed E-state index contributed by atoms with van der Waals surface area (Å²) in [5.41, 5.74) is 5.29.